The van der Waals surface area contributed by atoms with E-state index in [1.165, 1.54) is 3.69 Å². The van der Waals surface area contributed by atoms with E-state index in [0.29, 0.717) is 0 Å². The molecule has 0 amide bonds. The van der Waals surface area contributed by atoms with Gasteiger partial charge in [0.15, 0.2) is 0 Å². The molecule has 1 aromatic heterocycles. The average Bonchev–Trinajstić information content (AvgIpc) is 1.69. The molecule has 0 saturated carbocycles. The molecular formula is C5H4BrMgN. The zero-order valence-corrected chi connectivity index (χ0v) is 7.34. The van der Waals surface area contributed by atoms with Gasteiger partial charge >= 0.3 is 54.9 Å². The van der Waals surface area contributed by atoms with Gasteiger partial charge in [-0.3, -0.25) is 0 Å². The number of halogens is 1. The second-order valence-corrected chi connectivity index (χ2v) is 2.17. The van der Waals surface area contributed by atoms with E-state index in [1.54, 1.807) is 12.4 Å². The van der Waals surface area contributed by atoms with Crippen molar-refractivity contribution in [3.63, 3.8) is 0 Å². The molecule has 0 unspecified atom stereocenters. The summed E-state index contributed by atoms with van der Waals surface area (Å²) < 4.78 is 1.29. The fraction of sp³-hybridized carbons (Fsp3) is 0. The third-order valence-electron chi connectivity index (χ3n) is 0.749. The van der Waals surface area contributed by atoms with Crippen LogP contribution in [0.15, 0.2) is 24.5 Å². The molecule has 1 rings (SSSR count). The predicted molar refractivity (Wildman–Crippen MR) is 29.6 cm³/mol. The summed E-state index contributed by atoms with van der Waals surface area (Å²) in [6.45, 7) is 0. The van der Waals surface area contributed by atoms with E-state index in [2.05, 4.69) is 4.98 Å². The van der Waals surface area contributed by atoms with E-state index in [0.717, 1.165) is 0 Å². The van der Waals surface area contributed by atoms with Crippen LogP contribution in [-0.4, -0.2) is 26.7 Å². The van der Waals surface area contributed by atoms with Crippen molar-refractivity contribution in [3.05, 3.63) is 24.5 Å². The summed E-state index contributed by atoms with van der Waals surface area (Å²) in [4.78, 5) is 3.85. The second-order valence-electron chi connectivity index (χ2n) is 1.36. The van der Waals surface area contributed by atoms with Crippen LogP contribution in [0.3, 0.4) is 0 Å². The van der Waals surface area contributed by atoms with Gasteiger partial charge in [-0.15, -0.1) is 0 Å². The molecule has 0 saturated heterocycles. The molecule has 0 aliphatic carbocycles. The van der Waals surface area contributed by atoms with Gasteiger partial charge in [-0.2, -0.15) is 0 Å². The van der Waals surface area contributed by atoms with Crippen molar-refractivity contribution >= 4 is 25.4 Å². The van der Waals surface area contributed by atoms with Crippen molar-refractivity contribution in [1.29, 1.82) is 0 Å². The third kappa shape index (κ3) is 2.64. The predicted octanol–water partition coefficient (Wildman–Crippen LogP) is -3.12. The molecule has 38 valence electrons. The number of aromatic nitrogens is 1. The molecule has 8 heavy (non-hydrogen) atoms. The van der Waals surface area contributed by atoms with Gasteiger partial charge in [-0.25, -0.2) is 0 Å². The van der Waals surface area contributed by atoms with Gasteiger partial charge in [0.05, 0.1) is 0 Å². The topological polar surface area (TPSA) is 12.9 Å². The summed E-state index contributed by atoms with van der Waals surface area (Å²) in [5.41, 5.74) is 0. The Bertz CT molecular complexity index is 142. The van der Waals surface area contributed by atoms with E-state index in [9.17, 15) is 0 Å². The van der Waals surface area contributed by atoms with Crippen molar-refractivity contribution in [1.82, 2.24) is 4.98 Å². The Hall–Kier alpha value is 0.396. The number of hydrogen-bond donors (Lipinski definition) is 0. The van der Waals surface area contributed by atoms with Crippen LogP contribution in [0.2, 0.25) is 0 Å². The number of pyridine rings is 1. The van der Waals surface area contributed by atoms with Gasteiger partial charge in [0.2, 0.25) is 0 Å². The van der Waals surface area contributed by atoms with E-state index < -0.39 is 0 Å². The molecule has 1 nitrogen and oxygen atoms in total. The Morgan fingerprint density at radius 2 is 1.75 bits per heavy atom. The van der Waals surface area contributed by atoms with Gasteiger partial charge in [0.25, 0.3) is 0 Å². The summed E-state index contributed by atoms with van der Waals surface area (Å²) >= 11 is 1.86. The molecule has 0 radical (unpaired) electrons. The van der Waals surface area contributed by atoms with Crippen LogP contribution < -0.4 is 20.7 Å². The van der Waals surface area contributed by atoms with E-state index >= 15 is 0 Å². The second kappa shape index (κ2) is 4.29. The molecule has 1 heterocycles. The molecule has 0 aromatic carbocycles. The van der Waals surface area contributed by atoms with Crippen molar-refractivity contribution in [3.8, 4) is 0 Å². The van der Waals surface area contributed by atoms with E-state index in [1.807, 2.05) is 33.8 Å². The standard InChI is InChI=1S/C5H4N.BrH.Mg/c1-2-4-6-5-3-1;;/h2-5H;1H;/q;;+1/p-1. The maximum atomic E-state index is 3.85. The first-order valence-corrected chi connectivity index (χ1v) is 2.82. The van der Waals surface area contributed by atoms with Crippen LogP contribution in [0.5, 0.6) is 0 Å². The Morgan fingerprint density at radius 3 is 2.00 bits per heavy atom. The quantitative estimate of drug-likeness (QED) is 0.387. The molecule has 0 fully saturated rings. The first-order valence-electron chi connectivity index (χ1n) is 2.11. The first-order chi connectivity index (χ1) is 3.39. The summed E-state index contributed by atoms with van der Waals surface area (Å²) in [6, 6.07) is 3.97. The number of rotatable bonds is 0. The zero-order chi connectivity index (χ0) is 5.11. The van der Waals surface area contributed by atoms with Gasteiger partial charge in [0.1, 0.15) is 0 Å². The van der Waals surface area contributed by atoms with Crippen LogP contribution in [0, 0.1) is 0 Å². The summed E-state index contributed by atoms with van der Waals surface area (Å²) in [7, 11) is 0. The molecule has 0 aliphatic rings. The first kappa shape index (κ1) is 8.40. The Kier molecular flexibility index (Phi) is 4.50. The summed E-state index contributed by atoms with van der Waals surface area (Å²) in [6.07, 6.45) is 3.59. The monoisotopic (exact) mass is 181 g/mol. The van der Waals surface area contributed by atoms with Crippen LogP contribution in [0.1, 0.15) is 0 Å². The minimum absolute atomic E-state index is 0. The Balaban J connectivity index is 0.000000490. The molecule has 0 bridgehead atoms. The van der Waals surface area contributed by atoms with Crippen molar-refractivity contribution in [2.75, 3.05) is 0 Å². The molecular weight excluding hydrogens is 178 g/mol. The van der Waals surface area contributed by atoms with Crippen molar-refractivity contribution in [2.45, 2.75) is 0 Å². The SMILES string of the molecule is [Br-].[Mg+][c]1ccncc1. The fourth-order valence-electron chi connectivity index (χ4n) is 0.383. The fourth-order valence-corrected chi connectivity index (χ4v) is 0.594. The van der Waals surface area contributed by atoms with Gasteiger partial charge in [0, 0.05) is 0 Å². The van der Waals surface area contributed by atoms with Gasteiger partial charge < -0.3 is 17.0 Å². The third-order valence-corrected chi connectivity index (χ3v) is 1.22. The molecule has 0 N–H and O–H groups in total. The Labute approximate surface area is 71.7 Å². The van der Waals surface area contributed by atoms with Crippen LogP contribution in [0.4, 0.5) is 0 Å². The van der Waals surface area contributed by atoms with Crippen molar-refractivity contribution in [2.24, 2.45) is 0 Å². The van der Waals surface area contributed by atoms with Gasteiger partial charge in [-0.1, -0.05) is 0 Å². The molecule has 3 heteroatoms. The van der Waals surface area contributed by atoms with E-state index in [-0.39, 0.29) is 17.0 Å². The van der Waals surface area contributed by atoms with Crippen LogP contribution in [-0.2, 0) is 0 Å². The van der Waals surface area contributed by atoms with Gasteiger partial charge in [-0.05, 0) is 0 Å². The maximum absolute atomic E-state index is 3.85. The average molecular weight is 182 g/mol. The van der Waals surface area contributed by atoms with Crippen LogP contribution >= 0.6 is 0 Å². The molecule has 0 aliphatic heterocycles. The normalized spacial score (nSPS) is 7.75. The number of hydrogen-bond acceptors (Lipinski definition) is 1. The summed E-state index contributed by atoms with van der Waals surface area (Å²) in [5, 5.41) is 0. The zero-order valence-electron chi connectivity index (χ0n) is 4.34. The molecule has 0 spiro atoms. The molecule has 1 aromatic rings. The molecule has 0 atom stereocenters. The van der Waals surface area contributed by atoms with Crippen molar-refractivity contribution < 1.29 is 17.0 Å². The van der Waals surface area contributed by atoms with Crippen LogP contribution in [0.25, 0.3) is 0 Å². The van der Waals surface area contributed by atoms with E-state index in [4.69, 9.17) is 0 Å². The summed E-state index contributed by atoms with van der Waals surface area (Å²) in [5.74, 6) is 0. The minimum atomic E-state index is 0. The Morgan fingerprint density at radius 1 is 1.25 bits per heavy atom. The number of nitrogens with zero attached hydrogens (tertiary/aromatic N) is 1.